The van der Waals surface area contributed by atoms with Crippen molar-refractivity contribution in [3.63, 3.8) is 0 Å². The number of nitrogens with one attached hydrogen (secondary N) is 3. The van der Waals surface area contributed by atoms with Crippen LogP contribution in [0, 0.1) is 0 Å². The summed E-state index contributed by atoms with van der Waals surface area (Å²) in [5.41, 5.74) is 25.0. The van der Waals surface area contributed by atoms with Gasteiger partial charge in [-0.15, -0.1) is 0 Å². The molecule has 2 unspecified atom stereocenters. The van der Waals surface area contributed by atoms with Crippen molar-refractivity contribution in [3.8, 4) is 0 Å². The number of hydrogen-bond acceptors (Lipinski definition) is 16. The monoisotopic (exact) mass is 660 g/mol. The van der Waals surface area contributed by atoms with E-state index >= 15 is 0 Å². The molecule has 2 amide bonds. The number of nitrogens with two attached hydrogens (primary N) is 4. The lowest BCUT2D eigenvalue weighted by Crippen LogP contribution is -2.66. The van der Waals surface area contributed by atoms with Crippen molar-refractivity contribution in [3.05, 3.63) is 18.2 Å². The van der Waals surface area contributed by atoms with Gasteiger partial charge in [-0.1, -0.05) is 0 Å². The molecule has 1 aromatic rings. The number of H-pyrrole nitrogens is 1. The predicted molar refractivity (Wildman–Crippen MR) is 157 cm³/mol. The number of carbonyl (C=O) groups excluding carboxylic acids is 2. The highest BCUT2D eigenvalue weighted by Crippen LogP contribution is 2.31. The van der Waals surface area contributed by atoms with Gasteiger partial charge in [-0.3, -0.25) is 9.59 Å². The first-order chi connectivity index (χ1) is 21.8. The maximum absolute atomic E-state index is 13.1. The molecule has 3 heterocycles. The van der Waals surface area contributed by atoms with Crippen LogP contribution in [0.4, 0.5) is 0 Å². The van der Waals surface area contributed by atoms with Crippen LogP contribution in [0.25, 0.3) is 0 Å². The van der Waals surface area contributed by atoms with E-state index in [9.17, 15) is 35.1 Å². The van der Waals surface area contributed by atoms with Crippen molar-refractivity contribution in [1.29, 1.82) is 0 Å². The summed E-state index contributed by atoms with van der Waals surface area (Å²) in [5, 5.41) is 57.1. The predicted octanol–water partition coefficient (Wildman–Crippen LogP) is -6.28. The van der Waals surface area contributed by atoms with Gasteiger partial charge in [0.2, 0.25) is 11.8 Å². The van der Waals surface area contributed by atoms with E-state index in [2.05, 4.69) is 20.6 Å². The summed E-state index contributed by atoms with van der Waals surface area (Å²) in [7, 11) is 0. The molecule has 2 saturated heterocycles. The van der Waals surface area contributed by atoms with Crippen molar-refractivity contribution in [2.45, 2.75) is 124 Å². The SMILES string of the molecule is CC(N)C(=O)NC(Cc1cnc[nH]1)C(=O)NC[C@H]1O[C@H](O[C@H]2[C@H](O)[C@@H](O[C@H]3O[C@H](CO)[C@@H](O)C[C@H]3O)[C@H](N)C[C@@H]2N)[C@H](N)C[C@@H]1O. The Kier molecular flexibility index (Phi) is 12.8. The zero-order chi connectivity index (χ0) is 33.7. The molecule has 0 radical (unpaired) electrons. The van der Waals surface area contributed by atoms with Crippen molar-refractivity contribution in [2.75, 3.05) is 13.2 Å². The quantitative estimate of drug-likeness (QED) is 0.0991. The number of nitrogens with zero attached hydrogens (tertiary/aromatic N) is 1. The Bertz CT molecular complexity index is 1120. The van der Waals surface area contributed by atoms with Crippen LogP contribution in [0.1, 0.15) is 31.9 Å². The Morgan fingerprint density at radius 3 is 2.20 bits per heavy atom. The fraction of sp³-hybridized carbons (Fsp3) is 0.815. The molecular weight excluding hydrogens is 612 g/mol. The molecule has 1 saturated carbocycles. The summed E-state index contributed by atoms with van der Waals surface area (Å²) in [6, 6.07) is -4.28. The van der Waals surface area contributed by atoms with Gasteiger partial charge in [0.25, 0.3) is 0 Å². The number of rotatable bonds is 12. The van der Waals surface area contributed by atoms with Crippen LogP contribution in [0.15, 0.2) is 12.5 Å². The van der Waals surface area contributed by atoms with E-state index in [1.807, 2.05) is 0 Å². The zero-order valence-electron chi connectivity index (χ0n) is 25.5. The Morgan fingerprint density at radius 1 is 0.957 bits per heavy atom. The standard InChI is InChI=1S/C27H48N8O11/c1-10(28)24(41)35-15(2-11-6-32-9-34-11)25(42)33-7-19-16(37)4-14(31)26(43-19)45-22-12(29)3-13(30)23(21(22)40)46-27-18(39)5-17(38)20(8-36)44-27/h6,9-10,12-23,26-27,36-40H,2-5,7-8,28-31H2,1H3,(H,32,34)(H,33,42)(H,35,41)/t10?,12-,13+,14+,15?,16-,17-,18+,19+,20+,21-,22+,23-,26+,27+/m0/s1. The highest BCUT2D eigenvalue weighted by molar-refractivity contribution is 5.89. The Balaban J connectivity index is 1.38. The molecule has 3 fully saturated rings. The summed E-state index contributed by atoms with van der Waals surface area (Å²) in [6.45, 7) is 0.795. The fourth-order valence-corrected chi connectivity index (χ4v) is 5.78. The van der Waals surface area contributed by atoms with E-state index in [0.29, 0.717) is 5.69 Å². The van der Waals surface area contributed by atoms with Crippen LogP contribution >= 0.6 is 0 Å². The first-order valence-electron chi connectivity index (χ1n) is 15.3. The number of aromatic nitrogens is 2. The molecular formula is C27H48N8O11. The number of imidazole rings is 1. The number of ether oxygens (including phenoxy) is 4. The minimum atomic E-state index is -1.44. The number of aliphatic hydroxyl groups is 5. The third-order valence-electron chi connectivity index (χ3n) is 8.46. The molecule has 0 aromatic carbocycles. The molecule has 3 aliphatic rings. The molecule has 2 aliphatic heterocycles. The third-order valence-corrected chi connectivity index (χ3v) is 8.46. The maximum Gasteiger partial charge on any atom is 0.243 e. The summed E-state index contributed by atoms with van der Waals surface area (Å²) < 4.78 is 23.3. The smallest absolute Gasteiger partial charge is 0.243 e. The Hall–Kier alpha value is -2.37. The number of hydrogen-bond donors (Lipinski definition) is 12. The summed E-state index contributed by atoms with van der Waals surface area (Å²) in [4.78, 5) is 32.2. The highest BCUT2D eigenvalue weighted by Gasteiger charge is 2.49. The maximum atomic E-state index is 13.1. The lowest BCUT2D eigenvalue weighted by molar-refractivity contribution is -0.311. The van der Waals surface area contributed by atoms with E-state index in [1.54, 1.807) is 0 Å². The molecule has 1 aromatic heterocycles. The van der Waals surface area contributed by atoms with Crippen molar-refractivity contribution in [1.82, 2.24) is 20.6 Å². The van der Waals surface area contributed by atoms with E-state index in [1.165, 1.54) is 19.4 Å². The second kappa shape index (κ2) is 16.2. The van der Waals surface area contributed by atoms with Gasteiger partial charge in [-0.25, -0.2) is 4.98 Å². The van der Waals surface area contributed by atoms with E-state index in [0.717, 1.165) is 0 Å². The van der Waals surface area contributed by atoms with E-state index in [4.69, 9.17) is 41.9 Å². The molecule has 15 atom stereocenters. The molecule has 262 valence electrons. The number of amides is 2. The number of aromatic amines is 1. The van der Waals surface area contributed by atoms with Crippen LogP contribution in [0.2, 0.25) is 0 Å². The first kappa shape index (κ1) is 36.5. The van der Waals surface area contributed by atoms with Crippen LogP contribution in [-0.2, 0) is 35.0 Å². The summed E-state index contributed by atoms with van der Waals surface area (Å²) in [5.74, 6) is -1.10. The lowest BCUT2D eigenvalue weighted by atomic mass is 9.84. The Morgan fingerprint density at radius 2 is 1.59 bits per heavy atom. The number of carbonyl (C=O) groups is 2. The second-order valence-electron chi connectivity index (χ2n) is 12.2. The summed E-state index contributed by atoms with van der Waals surface area (Å²) >= 11 is 0. The van der Waals surface area contributed by atoms with Crippen LogP contribution in [0.5, 0.6) is 0 Å². The van der Waals surface area contributed by atoms with Crippen LogP contribution in [0.3, 0.4) is 0 Å². The van der Waals surface area contributed by atoms with Crippen LogP contribution < -0.4 is 33.6 Å². The minimum absolute atomic E-state index is 0.0225. The van der Waals surface area contributed by atoms with Gasteiger partial charge < -0.3 is 83.0 Å². The normalized spacial score (nSPS) is 39.7. The van der Waals surface area contributed by atoms with Crippen molar-refractivity contribution in [2.24, 2.45) is 22.9 Å². The van der Waals surface area contributed by atoms with Gasteiger partial charge in [0.1, 0.15) is 42.7 Å². The largest absolute Gasteiger partial charge is 0.394 e. The van der Waals surface area contributed by atoms with Gasteiger partial charge in [0.05, 0.1) is 37.2 Å². The van der Waals surface area contributed by atoms with Gasteiger partial charge in [-0.05, 0) is 19.8 Å². The first-order valence-corrected chi connectivity index (χ1v) is 15.3. The highest BCUT2D eigenvalue weighted by atomic mass is 16.7. The third kappa shape index (κ3) is 8.95. The van der Waals surface area contributed by atoms with Gasteiger partial charge in [-0.2, -0.15) is 0 Å². The van der Waals surface area contributed by atoms with Gasteiger partial charge in [0, 0.05) is 43.4 Å². The molecule has 4 rings (SSSR count). The Labute approximate surface area is 265 Å². The second-order valence-corrected chi connectivity index (χ2v) is 12.2. The molecule has 46 heavy (non-hydrogen) atoms. The fourth-order valence-electron chi connectivity index (χ4n) is 5.78. The average Bonchev–Trinajstić information content (AvgIpc) is 3.51. The van der Waals surface area contributed by atoms with Gasteiger partial charge in [0.15, 0.2) is 12.6 Å². The average molecular weight is 661 g/mol. The molecule has 16 N–H and O–H groups in total. The van der Waals surface area contributed by atoms with Crippen molar-refractivity contribution < 1.29 is 54.1 Å². The molecule has 0 bridgehead atoms. The molecule has 0 spiro atoms. The number of aliphatic hydroxyl groups excluding tert-OH is 5. The van der Waals surface area contributed by atoms with Crippen LogP contribution in [-0.4, -0.2) is 152 Å². The molecule has 1 aliphatic carbocycles. The van der Waals surface area contributed by atoms with Crippen molar-refractivity contribution >= 4 is 11.8 Å². The molecule has 19 heteroatoms. The molecule has 19 nitrogen and oxygen atoms in total. The van der Waals surface area contributed by atoms with Gasteiger partial charge >= 0.3 is 0 Å². The lowest BCUT2D eigenvalue weighted by Gasteiger charge is -2.47. The summed E-state index contributed by atoms with van der Waals surface area (Å²) in [6.07, 6.45) is -8.50. The zero-order valence-corrected chi connectivity index (χ0v) is 25.5. The topological polar surface area (TPSA) is 329 Å². The van der Waals surface area contributed by atoms with E-state index < -0.39 is 110 Å². The minimum Gasteiger partial charge on any atom is -0.394 e. The van der Waals surface area contributed by atoms with E-state index in [-0.39, 0.29) is 32.2 Å².